The van der Waals surface area contributed by atoms with Crippen molar-refractivity contribution in [3.8, 4) is 23.3 Å². The maximum absolute atomic E-state index is 8.74. The second kappa shape index (κ2) is 7.18. The van der Waals surface area contributed by atoms with E-state index in [1.165, 1.54) is 0 Å². The molecule has 22 heavy (non-hydrogen) atoms. The number of nitrogens with zero attached hydrogens (tertiary/aromatic N) is 2. The Balaban J connectivity index is 2.19. The first-order chi connectivity index (χ1) is 10.7. The van der Waals surface area contributed by atoms with Crippen LogP contribution in [-0.2, 0) is 6.54 Å². The summed E-state index contributed by atoms with van der Waals surface area (Å²) in [5.41, 5.74) is 2.12. The van der Waals surface area contributed by atoms with Crippen LogP contribution in [0, 0.1) is 11.3 Å². The van der Waals surface area contributed by atoms with Crippen molar-refractivity contribution >= 4 is 5.69 Å². The molecule has 0 fully saturated rings. The molecule has 0 amide bonds. The zero-order chi connectivity index (χ0) is 15.9. The zero-order valence-corrected chi connectivity index (χ0v) is 12.7. The van der Waals surface area contributed by atoms with Crippen LogP contribution in [0.3, 0.4) is 0 Å². The topological polar surface area (TPSA) is 76.4 Å². The molecule has 114 valence electrons. The van der Waals surface area contributed by atoms with Crippen molar-refractivity contribution in [3.63, 3.8) is 0 Å². The number of pyridine rings is 1. The maximum atomic E-state index is 8.74. The number of ether oxygens (including phenoxy) is 3. The van der Waals surface area contributed by atoms with E-state index in [1.54, 1.807) is 45.7 Å². The van der Waals surface area contributed by atoms with Crippen molar-refractivity contribution in [2.75, 3.05) is 26.6 Å². The third kappa shape index (κ3) is 3.38. The van der Waals surface area contributed by atoms with Crippen LogP contribution in [0.5, 0.6) is 17.2 Å². The highest BCUT2D eigenvalue weighted by Gasteiger charge is 2.11. The van der Waals surface area contributed by atoms with Gasteiger partial charge in [-0.1, -0.05) is 0 Å². The molecular weight excluding hydrogens is 282 g/mol. The summed E-state index contributed by atoms with van der Waals surface area (Å²) in [5.74, 6) is 1.95. The van der Waals surface area contributed by atoms with E-state index in [1.807, 2.05) is 12.1 Å². The van der Waals surface area contributed by atoms with Crippen molar-refractivity contribution in [3.05, 3.63) is 41.7 Å². The summed E-state index contributed by atoms with van der Waals surface area (Å²) in [6, 6.07) is 9.10. The van der Waals surface area contributed by atoms with Crippen LogP contribution in [0.15, 0.2) is 30.5 Å². The van der Waals surface area contributed by atoms with Gasteiger partial charge in [0.1, 0.15) is 17.5 Å². The molecule has 0 saturated heterocycles. The number of benzene rings is 1. The molecule has 0 unspecified atom stereocenters. The predicted octanol–water partition coefficient (Wildman–Crippen LogP) is 2.59. The predicted molar refractivity (Wildman–Crippen MR) is 82.4 cm³/mol. The largest absolute Gasteiger partial charge is 0.496 e. The van der Waals surface area contributed by atoms with E-state index in [-0.39, 0.29) is 0 Å². The SMILES string of the molecule is COc1cc(OC)c(OC)cc1CNc1ccc(C#N)nc1. The van der Waals surface area contributed by atoms with Gasteiger partial charge < -0.3 is 19.5 Å². The molecule has 0 aliphatic rings. The summed E-state index contributed by atoms with van der Waals surface area (Å²) in [6.45, 7) is 0.525. The fourth-order valence-electron chi connectivity index (χ4n) is 1.99. The normalized spacial score (nSPS) is 9.73. The molecule has 0 bridgehead atoms. The highest BCUT2D eigenvalue weighted by molar-refractivity contribution is 5.52. The first-order valence-corrected chi connectivity index (χ1v) is 6.60. The van der Waals surface area contributed by atoms with Gasteiger partial charge >= 0.3 is 0 Å². The van der Waals surface area contributed by atoms with Crippen molar-refractivity contribution in [1.29, 1.82) is 5.26 Å². The van der Waals surface area contributed by atoms with E-state index < -0.39 is 0 Å². The Morgan fingerprint density at radius 2 is 1.73 bits per heavy atom. The van der Waals surface area contributed by atoms with E-state index in [0.717, 1.165) is 11.3 Å². The van der Waals surface area contributed by atoms with Gasteiger partial charge in [-0.3, -0.25) is 0 Å². The summed E-state index contributed by atoms with van der Waals surface area (Å²) < 4.78 is 15.9. The molecular formula is C16H17N3O3. The van der Waals surface area contributed by atoms with E-state index in [4.69, 9.17) is 19.5 Å². The number of rotatable bonds is 6. The van der Waals surface area contributed by atoms with Gasteiger partial charge in [-0.15, -0.1) is 0 Å². The van der Waals surface area contributed by atoms with Crippen molar-refractivity contribution in [2.45, 2.75) is 6.54 Å². The molecule has 1 aromatic heterocycles. The molecule has 0 saturated carbocycles. The minimum atomic E-state index is 0.384. The van der Waals surface area contributed by atoms with Crippen LogP contribution in [0.25, 0.3) is 0 Å². The van der Waals surface area contributed by atoms with Crippen molar-refractivity contribution < 1.29 is 14.2 Å². The Kier molecular flexibility index (Phi) is 5.04. The molecule has 2 aromatic rings. The monoisotopic (exact) mass is 299 g/mol. The van der Waals surface area contributed by atoms with Crippen molar-refractivity contribution in [2.24, 2.45) is 0 Å². The standard InChI is InChI=1S/C16H17N3O3/c1-20-14-7-16(22-3)15(21-2)6-11(14)9-18-13-5-4-12(8-17)19-10-13/h4-7,10,18H,9H2,1-3H3. The van der Waals surface area contributed by atoms with Gasteiger partial charge in [0, 0.05) is 18.2 Å². The number of aromatic nitrogens is 1. The van der Waals surface area contributed by atoms with Gasteiger partial charge in [0.05, 0.1) is 33.2 Å². The molecule has 1 N–H and O–H groups in total. The number of hydrogen-bond donors (Lipinski definition) is 1. The Morgan fingerprint density at radius 3 is 2.27 bits per heavy atom. The number of nitrogens with one attached hydrogen (secondary N) is 1. The molecule has 2 rings (SSSR count). The highest BCUT2D eigenvalue weighted by Crippen LogP contribution is 2.34. The Morgan fingerprint density at radius 1 is 1.05 bits per heavy atom. The van der Waals surface area contributed by atoms with Crippen LogP contribution < -0.4 is 19.5 Å². The number of nitriles is 1. The Bertz CT molecular complexity index is 678. The first-order valence-electron chi connectivity index (χ1n) is 6.60. The number of methoxy groups -OCH3 is 3. The van der Waals surface area contributed by atoms with Gasteiger partial charge in [0.25, 0.3) is 0 Å². The molecule has 1 aromatic carbocycles. The van der Waals surface area contributed by atoms with Gasteiger partial charge in [-0.2, -0.15) is 5.26 Å². The molecule has 6 nitrogen and oxygen atoms in total. The van der Waals surface area contributed by atoms with E-state index in [0.29, 0.717) is 29.5 Å². The molecule has 0 aliphatic carbocycles. The smallest absolute Gasteiger partial charge is 0.164 e. The Labute approximate surface area is 129 Å². The van der Waals surface area contributed by atoms with Gasteiger partial charge in [0.2, 0.25) is 0 Å². The van der Waals surface area contributed by atoms with E-state index in [2.05, 4.69) is 10.3 Å². The summed E-state index contributed by atoms with van der Waals surface area (Å²) in [6.07, 6.45) is 1.62. The van der Waals surface area contributed by atoms with Gasteiger partial charge in [0.15, 0.2) is 11.5 Å². The van der Waals surface area contributed by atoms with Crippen LogP contribution in [-0.4, -0.2) is 26.3 Å². The highest BCUT2D eigenvalue weighted by atomic mass is 16.5. The molecule has 0 spiro atoms. The maximum Gasteiger partial charge on any atom is 0.164 e. The molecule has 0 radical (unpaired) electrons. The summed E-state index contributed by atoms with van der Waals surface area (Å²) in [4.78, 5) is 4.01. The summed E-state index contributed by atoms with van der Waals surface area (Å²) in [5, 5.41) is 12.0. The number of anilines is 1. The second-order valence-electron chi connectivity index (χ2n) is 4.42. The molecule has 6 heteroatoms. The van der Waals surface area contributed by atoms with Gasteiger partial charge in [-0.25, -0.2) is 4.98 Å². The molecule has 0 aliphatic heterocycles. The quantitative estimate of drug-likeness (QED) is 0.883. The average molecular weight is 299 g/mol. The lowest BCUT2D eigenvalue weighted by Gasteiger charge is -2.15. The van der Waals surface area contributed by atoms with Crippen LogP contribution in [0.1, 0.15) is 11.3 Å². The second-order valence-corrected chi connectivity index (χ2v) is 4.42. The molecule has 0 atom stereocenters. The van der Waals surface area contributed by atoms with Crippen molar-refractivity contribution in [1.82, 2.24) is 4.98 Å². The lowest BCUT2D eigenvalue weighted by molar-refractivity contribution is 0.347. The van der Waals surface area contributed by atoms with E-state index >= 15 is 0 Å². The lowest BCUT2D eigenvalue weighted by atomic mass is 10.1. The third-order valence-corrected chi connectivity index (χ3v) is 3.15. The zero-order valence-electron chi connectivity index (χ0n) is 12.7. The first kappa shape index (κ1) is 15.4. The molecule has 1 heterocycles. The van der Waals surface area contributed by atoms with Crippen LogP contribution in [0.4, 0.5) is 5.69 Å². The minimum absolute atomic E-state index is 0.384. The third-order valence-electron chi connectivity index (χ3n) is 3.15. The Hall–Kier alpha value is -2.94. The number of hydrogen-bond acceptors (Lipinski definition) is 6. The average Bonchev–Trinajstić information content (AvgIpc) is 2.59. The van der Waals surface area contributed by atoms with Crippen LogP contribution in [0.2, 0.25) is 0 Å². The lowest BCUT2D eigenvalue weighted by Crippen LogP contribution is -2.03. The van der Waals surface area contributed by atoms with Gasteiger partial charge in [-0.05, 0) is 18.2 Å². The fourth-order valence-corrected chi connectivity index (χ4v) is 1.99. The summed E-state index contributed by atoms with van der Waals surface area (Å²) >= 11 is 0. The van der Waals surface area contributed by atoms with E-state index in [9.17, 15) is 0 Å². The summed E-state index contributed by atoms with van der Waals surface area (Å²) in [7, 11) is 4.78. The van der Waals surface area contributed by atoms with Crippen LogP contribution >= 0.6 is 0 Å². The minimum Gasteiger partial charge on any atom is -0.496 e. The fraction of sp³-hybridized carbons (Fsp3) is 0.250.